The molecule has 0 aliphatic heterocycles. The van der Waals surface area contributed by atoms with Crippen LogP contribution in [0.25, 0.3) is 0 Å². The number of ether oxygens (including phenoxy) is 1. The van der Waals surface area contributed by atoms with Crippen molar-refractivity contribution in [2.75, 3.05) is 10.6 Å². The van der Waals surface area contributed by atoms with Crippen LogP contribution in [0.2, 0.25) is 0 Å². The zero-order valence-corrected chi connectivity index (χ0v) is 14.3. The third-order valence-corrected chi connectivity index (χ3v) is 3.39. The second kappa shape index (κ2) is 8.10. The Hall–Kier alpha value is -3.15. The molecule has 0 heterocycles. The highest BCUT2D eigenvalue weighted by atomic mass is 16.5. The van der Waals surface area contributed by atoms with Gasteiger partial charge in [-0.1, -0.05) is 23.8 Å². The summed E-state index contributed by atoms with van der Waals surface area (Å²) in [6.07, 6.45) is -0.960. The van der Waals surface area contributed by atoms with E-state index in [1.165, 1.54) is 19.9 Å². The molecule has 6 nitrogen and oxygen atoms in total. The van der Waals surface area contributed by atoms with Crippen molar-refractivity contribution in [3.63, 3.8) is 0 Å². The number of hydrogen-bond acceptors (Lipinski definition) is 4. The van der Waals surface area contributed by atoms with Crippen molar-refractivity contribution in [1.29, 1.82) is 0 Å². The predicted octanol–water partition coefficient (Wildman–Crippen LogP) is 3.14. The van der Waals surface area contributed by atoms with Crippen LogP contribution in [-0.2, 0) is 14.3 Å². The number of carbonyl (C=O) groups is 3. The molecule has 130 valence electrons. The molecule has 2 amide bonds. The Morgan fingerprint density at radius 3 is 2.28 bits per heavy atom. The van der Waals surface area contributed by atoms with Crippen LogP contribution in [-0.4, -0.2) is 23.9 Å². The monoisotopic (exact) mass is 340 g/mol. The van der Waals surface area contributed by atoms with Crippen LogP contribution in [0.1, 0.15) is 29.8 Å². The normalized spacial score (nSPS) is 11.3. The zero-order chi connectivity index (χ0) is 18.4. The summed E-state index contributed by atoms with van der Waals surface area (Å²) in [6.45, 7) is 4.83. The maximum absolute atomic E-state index is 12.2. The van der Waals surface area contributed by atoms with Crippen molar-refractivity contribution in [2.24, 2.45) is 0 Å². The number of amides is 2. The fraction of sp³-hybridized carbons (Fsp3) is 0.211. The molecule has 0 radical (unpaired) electrons. The number of benzene rings is 2. The molecule has 2 aromatic rings. The summed E-state index contributed by atoms with van der Waals surface area (Å²) in [5.41, 5.74) is 2.45. The third kappa shape index (κ3) is 5.46. The molecular formula is C19H20N2O4. The van der Waals surface area contributed by atoms with Crippen LogP contribution < -0.4 is 10.6 Å². The summed E-state index contributed by atoms with van der Waals surface area (Å²) >= 11 is 0. The van der Waals surface area contributed by atoms with Gasteiger partial charge in [0.05, 0.1) is 5.56 Å². The lowest BCUT2D eigenvalue weighted by atomic mass is 10.2. The molecule has 25 heavy (non-hydrogen) atoms. The Morgan fingerprint density at radius 2 is 1.64 bits per heavy atom. The zero-order valence-electron chi connectivity index (χ0n) is 14.3. The van der Waals surface area contributed by atoms with Crippen LogP contribution >= 0.6 is 0 Å². The molecule has 2 aromatic carbocycles. The van der Waals surface area contributed by atoms with E-state index >= 15 is 0 Å². The Balaban J connectivity index is 1.98. The molecule has 2 N–H and O–H groups in total. The topological polar surface area (TPSA) is 84.5 Å². The van der Waals surface area contributed by atoms with Crippen LogP contribution in [0.15, 0.2) is 48.5 Å². The number of carbonyl (C=O) groups excluding carboxylic acids is 3. The van der Waals surface area contributed by atoms with Gasteiger partial charge in [0.25, 0.3) is 5.91 Å². The highest BCUT2D eigenvalue weighted by molar-refractivity contribution is 5.98. The molecule has 0 aliphatic rings. The largest absolute Gasteiger partial charge is 0.449 e. The molecule has 0 bridgehead atoms. The molecule has 2 rings (SSSR count). The second-order valence-corrected chi connectivity index (χ2v) is 5.66. The van der Waals surface area contributed by atoms with Crippen molar-refractivity contribution in [2.45, 2.75) is 26.9 Å². The minimum atomic E-state index is -0.960. The first-order valence-electron chi connectivity index (χ1n) is 7.81. The van der Waals surface area contributed by atoms with Crippen molar-refractivity contribution < 1.29 is 19.1 Å². The molecule has 0 unspecified atom stereocenters. The lowest BCUT2D eigenvalue weighted by Crippen LogP contribution is -2.30. The maximum atomic E-state index is 12.2. The van der Waals surface area contributed by atoms with Gasteiger partial charge in [0.2, 0.25) is 5.91 Å². The standard InChI is InChI=1S/C19H20N2O4/c1-12-7-9-16(10-8-12)21-18(23)13(2)25-19(24)15-5-4-6-17(11-15)20-14(3)22/h4-11,13H,1-3H3,(H,20,22)(H,21,23)/t13-/m1/s1. The molecule has 0 fully saturated rings. The highest BCUT2D eigenvalue weighted by Gasteiger charge is 2.19. The molecule has 0 aliphatic carbocycles. The summed E-state index contributed by atoms with van der Waals surface area (Å²) in [6, 6.07) is 13.6. The van der Waals surface area contributed by atoms with Crippen LogP contribution in [0, 0.1) is 6.92 Å². The third-order valence-electron chi connectivity index (χ3n) is 3.39. The number of nitrogens with one attached hydrogen (secondary N) is 2. The van der Waals surface area contributed by atoms with Crippen LogP contribution in [0.3, 0.4) is 0 Å². The fourth-order valence-corrected chi connectivity index (χ4v) is 2.09. The van der Waals surface area contributed by atoms with E-state index in [9.17, 15) is 14.4 Å². The van der Waals surface area contributed by atoms with Gasteiger partial charge in [0.1, 0.15) is 0 Å². The van der Waals surface area contributed by atoms with Gasteiger partial charge in [-0.15, -0.1) is 0 Å². The van der Waals surface area contributed by atoms with Gasteiger partial charge in [-0.05, 0) is 44.2 Å². The number of aryl methyl sites for hydroxylation is 1. The Bertz CT molecular complexity index is 784. The number of rotatable bonds is 5. The second-order valence-electron chi connectivity index (χ2n) is 5.66. The lowest BCUT2D eigenvalue weighted by Gasteiger charge is -2.14. The van der Waals surface area contributed by atoms with E-state index in [0.29, 0.717) is 11.4 Å². The van der Waals surface area contributed by atoms with Crippen molar-refractivity contribution in [3.8, 4) is 0 Å². The maximum Gasteiger partial charge on any atom is 0.338 e. The Labute approximate surface area is 146 Å². The summed E-state index contributed by atoms with van der Waals surface area (Å²) in [5, 5.41) is 5.28. The first-order chi connectivity index (χ1) is 11.8. The molecule has 0 saturated heterocycles. The molecule has 6 heteroatoms. The van der Waals surface area contributed by atoms with Gasteiger partial charge in [-0.3, -0.25) is 9.59 Å². The first-order valence-corrected chi connectivity index (χ1v) is 7.81. The molecule has 0 aromatic heterocycles. The molecule has 0 saturated carbocycles. The van der Waals surface area contributed by atoms with E-state index < -0.39 is 18.0 Å². The van der Waals surface area contributed by atoms with E-state index in [-0.39, 0.29) is 11.5 Å². The SMILES string of the molecule is CC(=O)Nc1cccc(C(=O)O[C@H](C)C(=O)Nc2ccc(C)cc2)c1. The van der Waals surface area contributed by atoms with Gasteiger partial charge >= 0.3 is 5.97 Å². The summed E-state index contributed by atoms with van der Waals surface area (Å²) in [5.74, 6) is -1.30. The summed E-state index contributed by atoms with van der Waals surface area (Å²) in [4.78, 5) is 35.4. The number of esters is 1. The van der Waals surface area contributed by atoms with E-state index in [1.807, 2.05) is 19.1 Å². The van der Waals surface area contributed by atoms with Crippen molar-refractivity contribution in [1.82, 2.24) is 0 Å². The fourth-order valence-electron chi connectivity index (χ4n) is 2.09. The van der Waals surface area contributed by atoms with Crippen LogP contribution in [0.4, 0.5) is 11.4 Å². The van der Waals surface area contributed by atoms with E-state index in [4.69, 9.17) is 4.74 Å². The van der Waals surface area contributed by atoms with Gasteiger partial charge in [0.15, 0.2) is 6.10 Å². The van der Waals surface area contributed by atoms with Gasteiger partial charge in [-0.2, -0.15) is 0 Å². The Morgan fingerprint density at radius 1 is 0.960 bits per heavy atom. The van der Waals surface area contributed by atoms with E-state index in [2.05, 4.69) is 10.6 Å². The summed E-state index contributed by atoms with van der Waals surface area (Å²) < 4.78 is 5.19. The average Bonchev–Trinajstić information content (AvgIpc) is 2.56. The van der Waals surface area contributed by atoms with Gasteiger partial charge < -0.3 is 15.4 Å². The number of anilines is 2. The number of hydrogen-bond donors (Lipinski definition) is 2. The van der Waals surface area contributed by atoms with E-state index in [1.54, 1.807) is 30.3 Å². The quantitative estimate of drug-likeness (QED) is 0.819. The minimum absolute atomic E-state index is 0.239. The highest BCUT2D eigenvalue weighted by Crippen LogP contribution is 2.14. The van der Waals surface area contributed by atoms with E-state index in [0.717, 1.165) is 5.56 Å². The smallest absolute Gasteiger partial charge is 0.338 e. The predicted molar refractivity (Wildman–Crippen MR) is 95.4 cm³/mol. The first kappa shape index (κ1) is 18.2. The minimum Gasteiger partial charge on any atom is -0.449 e. The lowest BCUT2D eigenvalue weighted by molar-refractivity contribution is -0.123. The summed E-state index contributed by atoms with van der Waals surface area (Å²) in [7, 11) is 0. The average molecular weight is 340 g/mol. The van der Waals surface area contributed by atoms with Crippen molar-refractivity contribution >= 4 is 29.2 Å². The van der Waals surface area contributed by atoms with Crippen LogP contribution in [0.5, 0.6) is 0 Å². The Kier molecular flexibility index (Phi) is 5.89. The molecule has 1 atom stereocenters. The molecular weight excluding hydrogens is 320 g/mol. The molecule has 0 spiro atoms. The van der Waals surface area contributed by atoms with Gasteiger partial charge in [-0.25, -0.2) is 4.79 Å². The van der Waals surface area contributed by atoms with Gasteiger partial charge in [0, 0.05) is 18.3 Å². The van der Waals surface area contributed by atoms with Crippen molar-refractivity contribution in [3.05, 3.63) is 59.7 Å².